The second kappa shape index (κ2) is 50.1. The number of rotatable bonds is 7. The summed E-state index contributed by atoms with van der Waals surface area (Å²) < 4.78 is 0. The van der Waals surface area contributed by atoms with Crippen LogP contribution in [-0.2, 0) is 0 Å². The Morgan fingerprint density at radius 3 is 1.14 bits per heavy atom. The Morgan fingerprint density at radius 2 is 0.905 bits per heavy atom. The molecule has 0 bridgehead atoms. The van der Waals surface area contributed by atoms with E-state index in [0.29, 0.717) is 0 Å². The lowest BCUT2D eigenvalue weighted by atomic mass is 9.99. The van der Waals surface area contributed by atoms with Crippen LogP contribution in [0.5, 0.6) is 0 Å². The van der Waals surface area contributed by atoms with Gasteiger partial charge in [-0.3, -0.25) is 0 Å². The molecule has 1 unspecified atom stereocenters. The monoisotopic (exact) mass is 304 g/mol. The molecule has 0 aliphatic carbocycles. The van der Waals surface area contributed by atoms with Crippen LogP contribution in [-0.4, -0.2) is 0 Å². The van der Waals surface area contributed by atoms with Crippen LogP contribution in [0.15, 0.2) is 0 Å². The summed E-state index contributed by atoms with van der Waals surface area (Å²) in [6.07, 6.45) is 12.3. The summed E-state index contributed by atoms with van der Waals surface area (Å²) in [7, 11) is 0. The SMILES string of the molecule is CC.CC.CCC.CCCC.CCCCCC(C)CCC. The van der Waals surface area contributed by atoms with Gasteiger partial charge in [-0.05, 0) is 5.92 Å². The molecule has 0 heterocycles. The smallest absolute Gasteiger partial charge is 0.0443 e. The van der Waals surface area contributed by atoms with Crippen molar-refractivity contribution < 1.29 is 0 Å². The van der Waals surface area contributed by atoms with Crippen LogP contribution in [0.2, 0.25) is 0 Å². The largest absolute Gasteiger partial charge is 0.0683 e. The molecular formula is C21H52. The van der Waals surface area contributed by atoms with Gasteiger partial charge in [-0.15, -0.1) is 0 Å². The minimum absolute atomic E-state index is 0.969. The molecule has 0 saturated heterocycles. The fraction of sp³-hybridized carbons (Fsp3) is 1.00. The topological polar surface area (TPSA) is 0 Å². The van der Waals surface area contributed by atoms with Crippen LogP contribution in [0, 0.1) is 5.92 Å². The molecule has 136 valence electrons. The van der Waals surface area contributed by atoms with E-state index < -0.39 is 0 Å². The molecule has 0 N–H and O–H groups in total. The van der Waals surface area contributed by atoms with Crippen LogP contribution in [0.3, 0.4) is 0 Å². The van der Waals surface area contributed by atoms with Crippen LogP contribution in [0.4, 0.5) is 0 Å². The molecule has 21 heavy (non-hydrogen) atoms. The van der Waals surface area contributed by atoms with Gasteiger partial charge in [0, 0.05) is 0 Å². The van der Waals surface area contributed by atoms with Gasteiger partial charge in [0.15, 0.2) is 0 Å². The van der Waals surface area contributed by atoms with Crippen molar-refractivity contribution in [3.8, 4) is 0 Å². The van der Waals surface area contributed by atoms with Crippen molar-refractivity contribution in [3.05, 3.63) is 0 Å². The number of hydrogen-bond acceptors (Lipinski definition) is 0. The van der Waals surface area contributed by atoms with E-state index in [1.165, 1.54) is 57.8 Å². The third-order valence-electron chi connectivity index (χ3n) is 2.58. The second-order valence-electron chi connectivity index (χ2n) is 5.10. The van der Waals surface area contributed by atoms with E-state index in [9.17, 15) is 0 Å². The van der Waals surface area contributed by atoms with Crippen LogP contribution in [0.25, 0.3) is 0 Å². The molecule has 0 saturated carbocycles. The van der Waals surface area contributed by atoms with E-state index in [1.807, 2.05) is 27.7 Å². The average molecular weight is 305 g/mol. The predicted molar refractivity (Wildman–Crippen MR) is 107 cm³/mol. The van der Waals surface area contributed by atoms with E-state index in [2.05, 4.69) is 48.5 Å². The normalized spacial score (nSPS) is 9.29. The van der Waals surface area contributed by atoms with Gasteiger partial charge in [0.05, 0.1) is 0 Å². The Morgan fingerprint density at radius 1 is 0.524 bits per heavy atom. The number of unbranched alkanes of at least 4 members (excludes halogenated alkanes) is 3. The summed E-state index contributed by atoms with van der Waals surface area (Å²) in [5, 5.41) is 0. The van der Waals surface area contributed by atoms with Gasteiger partial charge in [0.25, 0.3) is 0 Å². The Kier molecular flexibility index (Phi) is 78.3. The van der Waals surface area contributed by atoms with Gasteiger partial charge in [0.2, 0.25) is 0 Å². The molecule has 0 aliphatic rings. The molecule has 0 aromatic heterocycles. The summed E-state index contributed by atoms with van der Waals surface area (Å²) in [5.74, 6) is 0.969. The molecule has 0 amide bonds. The highest BCUT2D eigenvalue weighted by Crippen LogP contribution is 2.13. The standard InChI is InChI=1S/C10H22.C4H10.C3H8.2C2H6/c1-4-6-7-9-10(3)8-5-2;1-3-4-2;1-3-2;2*1-2/h10H,4-9H2,1-3H3;3-4H2,1-2H3;3H2,1-2H3;2*1-2H3. The molecule has 0 aromatic rings. The van der Waals surface area contributed by atoms with Gasteiger partial charge in [-0.2, -0.15) is 0 Å². The summed E-state index contributed by atoms with van der Waals surface area (Å²) in [6.45, 7) is 23.5. The second-order valence-corrected chi connectivity index (χ2v) is 5.10. The molecule has 0 aliphatic heterocycles. The first-order chi connectivity index (χ1) is 10.1. The zero-order chi connectivity index (χ0) is 17.9. The van der Waals surface area contributed by atoms with Crippen molar-refractivity contribution in [1.29, 1.82) is 0 Å². The Balaban J connectivity index is -0.0000000646. The predicted octanol–water partition coefficient (Wildman–Crippen LogP) is 9.28. The minimum atomic E-state index is 0.969. The van der Waals surface area contributed by atoms with Crippen molar-refractivity contribution in [2.75, 3.05) is 0 Å². The Bertz CT molecular complexity index is 84.0. The maximum atomic E-state index is 2.37. The first-order valence-electron chi connectivity index (χ1n) is 10.1. The Hall–Kier alpha value is 0. The molecule has 0 spiro atoms. The van der Waals surface area contributed by atoms with E-state index >= 15 is 0 Å². The lowest BCUT2D eigenvalue weighted by Crippen LogP contribution is -1.92. The highest BCUT2D eigenvalue weighted by Gasteiger charge is 1.98. The van der Waals surface area contributed by atoms with Gasteiger partial charge in [-0.1, -0.05) is 134 Å². The molecule has 0 fully saturated rings. The minimum Gasteiger partial charge on any atom is -0.0683 e. The summed E-state index contributed by atoms with van der Waals surface area (Å²) in [5.41, 5.74) is 0. The summed E-state index contributed by atoms with van der Waals surface area (Å²) >= 11 is 0. The average Bonchev–Trinajstić information content (AvgIpc) is 2.53. The van der Waals surface area contributed by atoms with Crippen molar-refractivity contribution in [1.82, 2.24) is 0 Å². The highest BCUT2D eigenvalue weighted by molar-refractivity contribution is 4.51. The molecule has 0 heteroatoms. The molecule has 1 atom stereocenters. The first-order valence-corrected chi connectivity index (χ1v) is 10.1. The quantitative estimate of drug-likeness (QED) is 0.411. The van der Waals surface area contributed by atoms with E-state index in [1.54, 1.807) is 0 Å². The number of hydrogen-bond donors (Lipinski definition) is 0. The first kappa shape index (κ1) is 32.8. The third-order valence-corrected chi connectivity index (χ3v) is 2.58. The van der Waals surface area contributed by atoms with Gasteiger partial charge in [0.1, 0.15) is 0 Å². The van der Waals surface area contributed by atoms with Gasteiger partial charge >= 0.3 is 0 Å². The lowest BCUT2D eigenvalue weighted by molar-refractivity contribution is 0.459. The third kappa shape index (κ3) is 80.0. The van der Waals surface area contributed by atoms with E-state index in [0.717, 1.165) is 5.92 Å². The van der Waals surface area contributed by atoms with E-state index in [4.69, 9.17) is 0 Å². The van der Waals surface area contributed by atoms with Crippen molar-refractivity contribution in [2.24, 2.45) is 5.92 Å². The van der Waals surface area contributed by atoms with Crippen LogP contribution in [0.1, 0.15) is 134 Å². The fourth-order valence-corrected chi connectivity index (χ4v) is 1.38. The Labute approximate surface area is 140 Å². The van der Waals surface area contributed by atoms with Crippen LogP contribution < -0.4 is 0 Å². The molecule has 0 nitrogen and oxygen atoms in total. The highest BCUT2D eigenvalue weighted by atomic mass is 14.0. The maximum absolute atomic E-state index is 2.37. The molecular weight excluding hydrogens is 252 g/mol. The molecule has 0 rings (SSSR count). The van der Waals surface area contributed by atoms with E-state index in [-0.39, 0.29) is 0 Å². The van der Waals surface area contributed by atoms with Crippen LogP contribution >= 0.6 is 0 Å². The lowest BCUT2D eigenvalue weighted by Gasteiger charge is -2.07. The van der Waals surface area contributed by atoms with Crippen molar-refractivity contribution >= 4 is 0 Å². The molecule has 0 radical (unpaired) electrons. The van der Waals surface area contributed by atoms with Gasteiger partial charge < -0.3 is 0 Å². The zero-order valence-corrected chi connectivity index (χ0v) is 17.9. The zero-order valence-electron chi connectivity index (χ0n) is 17.9. The fourth-order valence-electron chi connectivity index (χ4n) is 1.38. The van der Waals surface area contributed by atoms with Crippen molar-refractivity contribution in [3.63, 3.8) is 0 Å². The van der Waals surface area contributed by atoms with Gasteiger partial charge in [-0.25, -0.2) is 0 Å². The molecule has 0 aromatic carbocycles. The summed E-state index contributed by atoms with van der Waals surface area (Å²) in [4.78, 5) is 0. The summed E-state index contributed by atoms with van der Waals surface area (Å²) in [6, 6.07) is 0. The van der Waals surface area contributed by atoms with Crippen molar-refractivity contribution in [2.45, 2.75) is 134 Å². The maximum Gasteiger partial charge on any atom is -0.0443 e.